The van der Waals surface area contributed by atoms with Crippen LogP contribution in [0.3, 0.4) is 0 Å². The van der Waals surface area contributed by atoms with Gasteiger partial charge < -0.3 is 4.74 Å². The largest absolute Gasteiger partial charge is 0.460 e. The van der Waals surface area contributed by atoms with Crippen molar-refractivity contribution in [2.45, 2.75) is 73.3 Å². The molecular formula is C25H42N4O2. The van der Waals surface area contributed by atoms with Gasteiger partial charge in [0.15, 0.2) is 5.84 Å². The summed E-state index contributed by atoms with van der Waals surface area (Å²) >= 11 is 0. The Labute approximate surface area is 189 Å². The number of hydrogen-bond donors (Lipinski definition) is 0. The second-order valence-electron chi connectivity index (χ2n) is 8.38. The molecule has 1 aromatic carbocycles. The molecule has 0 radical (unpaired) electrons. The standard InChI is InChI=1S/C16H24N4.C9H18O2/c1-4-11-20(12-5-2)14-19-16(18-13-17-3)15-9-7-6-8-10-15;1-6-7(2)8(10)11-9(3,4)5/h6-10,13H,3-5,11-12,14H2,1-2H3;7H,6H2,1-5H3/b18-13?,19-16-;. The maximum absolute atomic E-state index is 11.2. The predicted molar refractivity (Wildman–Crippen MR) is 133 cm³/mol. The number of esters is 1. The monoisotopic (exact) mass is 430 g/mol. The summed E-state index contributed by atoms with van der Waals surface area (Å²) in [6, 6.07) is 9.96. The van der Waals surface area contributed by atoms with Gasteiger partial charge in [0.1, 0.15) is 11.9 Å². The lowest BCUT2D eigenvalue weighted by Gasteiger charge is -2.21. The molecule has 0 heterocycles. The lowest BCUT2D eigenvalue weighted by Crippen LogP contribution is -2.27. The van der Waals surface area contributed by atoms with Crippen LogP contribution in [-0.4, -0.2) is 55.1 Å². The van der Waals surface area contributed by atoms with Gasteiger partial charge in [0, 0.05) is 5.56 Å². The highest BCUT2D eigenvalue weighted by Crippen LogP contribution is 2.12. The minimum Gasteiger partial charge on any atom is -0.460 e. The molecule has 174 valence electrons. The average molecular weight is 431 g/mol. The Balaban J connectivity index is 0.000000695. The number of aliphatic imine (C=N–C) groups is 3. The zero-order valence-electron chi connectivity index (χ0n) is 20.6. The van der Waals surface area contributed by atoms with Crippen molar-refractivity contribution in [3.63, 3.8) is 0 Å². The van der Waals surface area contributed by atoms with Gasteiger partial charge in [-0.1, -0.05) is 58.0 Å². The first-order chi connectivity index (χ1) is 14.7. The fraction of sp³-hybridized carbons (Fsp3) is 0.600. The molecule has 0 amide bonds. The SMILES string of the molecule is C=NC=N/C(=N\CN(CCC)CCC)c1ccccc1.CCC(C)C(=O)OC(C)(C)C. The zero-order valence-corrected chi connectivity index (χ0v) is 20.6. The molecule has 1 aromatic rings. The quantitative estimate of drug-likeness (QED) is 0.275. The first kappa shape index (κ1) is 28.7. The van der Waals surface area contributed by atoms with E-state index in [1.165, 1.54) is 6.34 Å². The Morgan fingerprint density at radius 3 is 2.16 bits per heavy atom. The third kappa shape index (κ3) is 14.3. The Hall–Kier alpha value is -2.34. The fourth-order valence-electron chi connectivity index (χ4n) is 2.51. The van der Waals surface area contributed by atoms with Crippen LogP contribution in [0.1, 0.15) is 73.3 Å². The molecule has 6 heteroatoms. The lowest BCUT2D eigenvalue weighted by atomic mass is 10.1. The van der Waals surface area contributed by atoms with Crippen LogP contribution in [-0.2, 0) is 9.53 Å². The second kappa shape index (κ2) is 16.4. The minimum atomic E-state index is -0.347. The lowest BCUT2D eigenvalue weighted by molar-refractivity contribution is -0.159. The van der Waals surface area contributed by atoms with Gasteiger partial charge in [0.2, 0.25) is 0 Å². The Morgan fingerprint density at radius 1 is 1.13 bits per heavy atom. The van der Waals surface area contributed by atoms with Crippen LogP contribution in [0.5, 0.6) is 0 Å². The zero-order chi connectivity index (χ0) is 23.7. The molecule has 0 saturated heterocycles. The molecule has 0 fully saturated rings. The number of ether oxygens (including phenoxy) is 1. The maximum Gasteiger partial charge on any atom is 0.309 e. The summed E-state index contributed by atoms with van der Waals surface area (Å²) in [5.41, 5.74) is 0.654. The van der Waals surface area contributed by atoms with Gasteiger partial charge in [-0.2, -0.15) is 0 Å². The van der Waals surface area contributed by atoms with E-state index in [1.54, 1.807) is 0 Å². The minimum absolute atomic E-state index is 0.0224. The third-order valence-corrected chi connectivity index (χ3v) is 4.22. The summed E-state index contributed by atoms with van der Waals surface area (Å²) in [5.74, 6) is 0.629. The third-order valence-electron chi connectivity index (χ3n) is 4.22. The van der Waals surface area contributed by atoms with Crippen molar-refractivity contribution in [3.8, 4) is 0 Å². The summed E-state index contributed by atoms with van der Waals surface area (Å²) in [7, 11) is 0. The maximum atomic E-state index is 11.2. The highest BCUT2D eigenvalue weighted by atomic mass is 16.6. The van der Waals surface area contributed by atoms with E-state index in [9.17, 15) is 4.79 Å². The highest BCUT2D eigenvalue weighted by Gasteiger charge is 2.19. The molecule has 0 bridgehead atoms. The van der Waals surface area contributed by atoms with Crippen LogP contribution in [0.15, 0.2) is 45.3 Å². The van der Waals surface area contributed by atoms with Crippen LogP contribution in [0, 0.1) is 5.92 Å². The molecule has 1 rings (SSSR count). The number of nitrogens with zero attached hydrogens (tertiary/aromatic N) is 4. The smallest absolute Gasteiger partial charge is 0.309 e. The summed E-state index contributed by atoms with van der Waals surface area (Å²) in [5, 5.41) is 0. The van der Waals surface area contributed by atoms with Crippen molar-refractivity contribution in [2.75, 3.05) is 19.8 Å². The number of carbonyl (C=O) groups is 1. The molecule has 0 aliphatic carbocycles. The Kier molecular flexibility index (Phi) is 15.1. The van der Waals surface area contributed by atoms with Crippen molar-refractivity contribution >= 4 is 24.9 Å². The average Bonchev–Trinajstić information content (AvgIpc) is 2.73. The molecule has 1 unspecified atom stereocenters. The normalized spacial score (nSPS) is 13.0. The van der Waals surface area contributed by atoms with Gasteiger partial charge in [-0.3, -0.25) is 19.7 Å². The Bertz CT molecular complexity index is 673. The number of carbonyl (C=O) groups excluding carboxylic acids is 1. The molecule has 0 aliphatic heterocycles. The number of rotatable bonds is 10. The summed E-state index contributed by atoms with van der Waals surface area (Å²) in [6.45, 7) is 20.1. The van der Waals surface area contributed by atoms with Crippen molar-refractivity contribution in [1.82, 2.24) is 4.90 Å². The fourth-order valence-corrected chi connectivity index (χ4v) is 2.51. The van der Waals surface area contributed by atoms with Crippen molar-refractivity contribution in [2.24, 2.45) is 20.9 Å². The molecule has 1 atom stereocenters. The number of amidine groups is 1. The molecule has 0 aromatic heterocycles. The molecule has 0 spiro atoms. The predicted octanol–water partition coefficient (Wildman–Crippen LogP) is 5.62. The van der Waals surface area contributed by atoms with E-state index >= 15 is 0 Å². The molecule has 31 heavy (non-hydrogen) atoms. The molecule has 0 aliphatic rings. The Morgan fingerprint density at radius 2 is 1.71 bits per heavy atom. The molecule has 0 saturated carbocycles. The van der Waals surface area contributed by atoms with Gasteiger partial charge in [-0.15, -0.1) is 0 Å². The van der Waals surface area contributed by atoms with E-state index in [2.05, 4.69) is 40.4 Å². The molecular weight excluding hydrogens is 388 g/mol. The van der Waals surface area contributed by atoms with Crippen LogP contribution in [0.4, 0.5) is 0 Å². The second-order valence-corrected chi connectivity index (χ2v) is 8.38. The van der Waals surface area contributed by atoms with Crippen molar-refractivity contribution < 1.29 is 9.53 Å². The van der Waals surface area contributed by atoms with E-state index in [4.69, 9.17) is 4.74 Å². The van der Waals surface area contributed by atoms with Gasteiger partial charge in [-0.25, -0.2) is 4.99 Å². The van der Waals surface area contributed by atoms with E-state index in [0.29, 0.717) is 12.5 Å². The van der Waals surface area contributed by atoms with E-state index < -0.39 is 0 Å². The molecule has 0 N–H and O–H groups in total. The van der Waals surface area contributed by atoms with Crippen LogP contribution in [0.2, 0.25) is 0 Å². The number of benzene rings is 1. The van der Waals surface area contributed by atoms with Crippen LogP contribution < -0.4 is 0 Å². The first-order valence-electron chi connectivity index (χ1n) is 11.2. The van der Waals surface area contributed by atoms with Gasteiger partial charge >= 0.3 is 5.97 Å². The van der Waals surface area contributed by atoms with Crippen LogP contribution in [0.25, 0.3) is 0 Å². The van der Waals surface area contributed by atoms with E-state index in [-0.39, 0.29) is 17.5 Å². The van der Waals surface area contributed by atoms with Gasteiger partial charge in [0.25, 0.3) is 0 Å². The summed E-state index contributed by atoms with van der Waals surface area (Å²) in [6.07, 6.45) is 4.55. The van der Waals surface area contributed by atoms with Crippen molar-refractivity contribution in [1.29, 1.82) is 0 Å². The number of hydrogen-bond acceptors (Lipinski definition) is 4. The van der Waals surface area contributed by atoms with Gasteiger partial charge in [-0.05, 0) is 59.8 Å². The van der Waals surface area contributed by atoms with Crippen LogP contribution >= 0.6 is 0 Å². The van der Waals surface area contributed by atoms with Gasteiger partial charge in [0.05, 0.1) is 12.6 Å². The van der Waals surface area contributed by atoms with Crippen molar-refractivity contribution in [3.05, 3.63) is 35.9 Å². The highest BCUT2D eigenvalue weighted by molar-refractivity contribution is 6.03. The summed E-state index contributed by atoms with van der Waals surface area (Å²) in [4.78, 5) is 26.1. The van der Waals surface area contributed by atoms with E-state index in [1.807, 2.05) is 65.0 Å². The summed E-state index contributed by atoms with van der Waals surface area (Å²) < 4.78 is 5.15. The van der Waals surface area contributed by atoms with E-state index in [0.717, 1.165) is 37.9 Å². The topological polar surface area (TPSA) is 66.6 Å². The molecule has 6 nitrogen and oxygen atoms in total. The first-order valence-corrected chi connectivity index (χ1v) is 11.2.